The van der Waals surface area contributed by atoms with Gasteiger partial charge in [-0.1, -0.05) is 30.2 Å². The van der Waals surface area contributed by atoms with Gasteiger partial charge in [0, 0.05) is 36.3 Å². The lowest BCUT2D eigenvalue weighted by atomic mass is 9.81. The van der Waals surface area contributed by atoms with Crippen molar-refractivity contribution in [1.29, 1.82) is 0 Å². The van der Waals surface area contributed by atoms with Gasteiger partial charge >= 0.3 is 0 Å². The van der Waals surface area contributed by atoms with E-state index in [1.54, 1.807) is 12.4 Å². The number of nitrogens with zero attached hydrogens (tertiary/aromatic N) is 4. The number of amides is 1. The summed E-state index contributed by atoms with van der Waals surface area (Å²) < 4.78 is 12.9. The Morgan fingerprint density at radius 2 is 1.76 bits per heavy atom. The molecule has 0 saturated heterocycles. The van der Waals surface area contributed by atoms with E-state index in [4.69, 9.17) is 9.47 Å². The molecule has 0 unspecified atom stereocenters. The largest absolute Gasteiger partial charge is 0.378 e. The first-order chi connectivity index (χ1) is 18.7. The summed E-state index contributed by atoms with van der Waals surface area (Å²) in [7, 11) is 0. The highest BCUT2D eigenvalue weighted by Gasteiger charge is 2.35. The summed E-state index contributed by atoms with van der Waals surface area (Å²) in [4.78, 5) is 30.4. The maximum absolute atomic E-state index is 12.7. The summed E-state index contributed by atoms with van der Waals surface area (Å²) in [5, 5.41) is 3.63. The monoisotopic (exact) mass is 529 g/mol. The van der Waals surface area contributed by atoms with Crippen molar-refractivity contribution < 1.29 is 14.3 Å². The van der Waals surface area contributed by atoms with Crippen molar-refractivity contribution in [3.05, 3.63) is 66.5 Å². The van der Waals surface area contributed by atoms with E-state index < -0.39 is 0 Å². The zero-order valence-corrected chi connectivity index (χ0v) is 22.0. The SMILES string of the molecule is O=C(Nc1nc2ccc(-c3cnc(COC4CCCC4)nc3)cc2s1)C1CC(OCCc2ccncc2)C1. The first-order valence-corrected chi connectivity index (χ1v) is 14.2. The zero-order chi connectivity index (χ0) is 25.7. The van der Waals surface area contributed by atoms with Crippen LogP contribution in [-0.2, 0) is 27.3 Å². The third-order valence-electron chi connectivity index (χ3n) is 7.37. The lowest BCUT2D eigenvalue weighted by Crippen LogP contribution is -2.39. The van der Waals surface area contributed by atoms with Crippen LogP contribution < -0.4 is 5.32 Å². The molecule has 0 radical (unpaired) electrons. The minimum Gasteiger partial charge on any atom is -0.378 e. The predicted octanol–water partition coefficient (Wildman–Crippen LogP) is 5.58. The molecular weight excluding hydrogens is 498 g/mol. The molecular formula is C29H31N5O3S. The van der Waals surface area contributed by atoms with Crippen molar-refractivity contribution >= 4 is 32.6 Å². The standard InChI is InChI=1S/C29H31N5O3S/c35-28(21-13-24(14-21)36-12-9-19-7-10-30-11-8-19)34-29-33-25-6-5-20(15-26(25)38-29)22-16-31-27(32-17-22)18-37-23-3-1-2-4-23/h5-8,10-11,15-17,21,23-24H,1-4,9,12-14,18H2,(H,33,34,35). The average Bonchev–Trinajstić information content (AvgIpc) is 3.58. The van der Waals surface area contributed by atoms with Crippen molar-refractivity contribution in [3.8, 4) is 11.1 Å². The number of nitrogens with one attached hydrogen (secondary N) is 1. The van der Waals surface area contributed by atoms with Gasteiger partial charge in [-0.05, 0) is 67.5 Å². The van der Waals surface area contributed by atoms with Gasteiger partial charge in [0.25, 0.3) is 0 Å². The smallest absolute Gasteiger partial charge is 0.229 e. The quantitative estimate of drug-likeness (QED) is 0.286. The third kappa shape index (κ3) is 6.06. The molecule has 3 aromatic heterocycles. The van der Waals surface area contributed by atoms with Crippen LogP contribution in [0.3, 0.4) is 0 Å². The van der Waals surface area contributed by atoms with E-state index in [0.29, 0.717) is 30.3 Å². The lowest BCUT2D eigenvalue weighted by Gasteiger charge is -2.33. The fourth-order valence-electron chi connectivity index (χ4n) is 5.00. The minimum absolute atomic E-state index is 0.0158. The van der Waals surface area contributed by atoms with Crippen LogP contribution in [0.2, 0.25) is 0 Å². The first kappa shape index (κ1) is 25.0. The Bertz CT molecular complexity index is 1370. The van der Waals surface area contributed by atoms with Crippen LogP contribution >= 0.6 is 11.3 Å². The molecule has 38 heavy (non-hydrogen) atoms. The number of ether oxygens (including phenoxy) is 2. The normalized spacial score (nSPS) is 19.5. The number of thiazole rings is 1. The van der Waals surface area contributed by atoms with Gasteiger partial charge in [-0.2, -0.15) is 0 Å². The van der Waals surface area contributed by atoms with Gasteiger partial charge in [-0.15, -0.1) is 0 Å². The molecule has 1 amide bonds. The van der Waals surface area contributed by atoms with Gasteiger partial charge < -0.3 is 14.8 Å². The van der Waals surface area contributed by atoms with Crippen LogP contribution in [0.4, 0.5) is 5.13 Å². The highest BCUT2D eigenvalue weighted by atomic mass is 32.1. The van der Waals surface area contributed by atoms with Gasteiger partial charge in [0.05, 0.1) is 29.0 Å². The summed E-state index contributed by atoms with van der Waals surface area (Å²) in [5.41, 5.74) is 4.04. The molecule has 0 spiro atoms. The molecule has 2 aliphatic rings. The number of rotatable bonds is 10. The van der Waals surface area contributed by atoms with E-state index in [-0.39, 0.29) is 17.9 Å². The predicted molar refractivity (Wildman–Crippen MR) is 147 cm³/mol. The number of anilines is 1. The number of hydrogen-bond acceptors (Lipinski definition) is 8. The minimum atomic E-state index is -0.0307. The third-order valence-corrected chi connectivity index (χ3v) is 8.30. The van der Waals surface area contributed by atoms with Gasteiger partial charge in [-0.25, -0.2) is 15.0 Å². The molecule has 0 aliphatic heterocycles. The summed E-state index contributed by atoms with van der Waals surface area (Å²) >= 11 is 1.48. The zero-order valence-electron chi connectivity index (χ0n) is 21.2. The molecule has 3 heterocycles. The summed E-state index contributed by atoms with van der Waals surface area (Å²) in [6.07, 6.45) is 14.9. The lowest BCUT2D eigenvalue weighted by molar-refractivity contribution is -0.128. The van der Waals surface area contributed by atoms with E-state index in [1.807, 2.05) is 36.7 Å². The number of carbonyl (C=O) groups is 1. The summed E-state index contributed by atoms with van der Waals surface area (Å²) in [6.45, 7) is 1.12. The Morgan fingerprint density at radius 1 is 0.974 bits per heavy atom. The molecule has 1 N–H and O–H groups in total. The van der Waals surface area contributed by atoms with Crippen LogP contribution in [0, 0.1) is 5.92 Å². The molecule has 6 rings (SSSR count). The van der Waals surface area contributed by atoms with Crippen LogP contribution in [-0.4, -0.2) is 44.7 Å². The van der Waals surface area contributed by atoms with Crippen molar-refractivity contribution in [2.75, 3.05) is 11.9 Å². The molecule has 0 atom stereocenters. The van der Waals surface area contributed by atoms with E-state index in [1.165, 1.54) is 29.7 Å². The second-order valence-electron chi connectivity index (χ2n) is 10.1. The highest BCUT2D eigenvalue weighted by Crippen LogP contribution is 2.34. The molecule has 9 heteroatoms. The van der Waals surface area contributed by atoms with Crippen LogP contribution in [0.25, 0.3) is 21.3 Å². The first-order valence-electron chi connectivity index (χ1n) is 13.3. The van der Waals surface area contributed by atoms with Crippen LogP contribution in [0.1, 0.15) is 49.9 Å². The van der Waals surface area contributed by atoms with Gasteiger partial charge in [0.2, 0.25) is 5.91 Å². The van der Waals surface area contributed by atoms with Crippen LogP contribution in [0.5, 0.6) is 0 Å². The highest BCUT2D eigenvalue weighted by molar-refractivity contribution is 7.22. The van der Waals surface area contributed by atoms with E-state index in [9.17, 15) is 4.79 Å². The van der Waals surface area contributed by atoms with E-state index in [2.05, 4.69) is 31.3 Å². The van der Waals surface area contributed by atoms with Gasteiger partial charge in [-0.3, -0.25) is 9.78 Å². The van der Waals surface area contributed by atoms with Crippen molar-refractivity contribution in [2.45, 2.75) is 63.8 Å². The Labute approximate surface area is 225 Å². The molecule has 1 aromatic carbocycles. The molecule has 2 aliphatic carbocycles. The van der Waals surface area contributed by atoms with Gasteiger partial charge in [0.1, 0.15) is 6.61 Å². The number of carbonyl (C=O) groups excluding carboxylic acids is 1. The fourth-order valence-corrected chi connectivity index (χ4v) is 5.91. The number of benzene rings is 1. The maximum Gasteiger partial charge on any atom is 0.229 e. The Hall–Kier alpha value is -3.27. The Kier molecular flexibility index (Phi) is 7.66. The molecule has 8 nitrogen and oxygen atoms in total. The maximum atomic E-state index is 12.7. The molecule has 4 aromatic rings. The number of fused-ring (bicyclic) bond motifs is 1. The number of hydrogen-bond donors (Lipinski definition) is 1. The van der Waals surface area contributed by atoms with Crippen LogP contribution in [0.15, 0.2) is 55.1 Å². The second kappa shape index (κ2) is 11.6. The molecule has 2 saturated carbocycles. The summed E-state index contributed by atoms with van der Waals surface area (Å²) in [6, 6.07) is 10.1. The number of pyridine rings is 1. The van der Waals surface area contributed by atoms with E-state index in [0.717, 1.165) is 53.4 Å². The molecule has 2 fully saturated rings. The second-order valence-corrected chi connectivity index (χ2v) is 11.1. The van der Waals surface area contributed by atoms with Crippen molar-refractivity contribution in [3.63, 3.8) is 0 Å². The van der Waals surface area contributed by atoms with Gasteiger partial charge in [0.15, 0.2) is 11.0 Å². The topological polar surface area (TPSA) is 99.1 Å². The molecule has 196 valence electrons. The molecule has 0 bridgehead atoms. The van der Waals surface area contributed by atoms with Crippen molar-refractivity contribution in [1.82, 2.24) is 19.9 Å². The Morgan fingerprint density at radius 3 is 2.55 bits per heavy atom. The summed E-state index contributed by atoms with van der Waals surface area (Å²) in [5.74, 6) is 0.695. The number of aromatic nitrogens is 4. The Balaban J connectivity index is 0.993. The van der Waals surface area contributed by atoms with E-state index >= 15 is 0 Å². The fraction of sp³-hybridized carbons (Fsp3) is 0.414. The average molecular weight is 530 g/mol. The van der Waals surface area contributed by atoms with Crippen molar-refractivity contribution in [2.24, 2.45) is 5.92 Å².